The van der Waals surface area contributed by atoms with Gasteiger partial charge in [0, 0.05) is 23.8 Å². The molecule has 0 aliphatic heterocycles. The molecule has 0 bridgehead atoms. The minimum atomic E-state index is -3.68. The van der Waals surface area contributed by atoms with Crippen LogP contribution in [-0.4, -0.2) is 31.8 Å². The van der Waals surface area contributed by atoms with Crippen molar-refractivity contribution in [2.45, 2.75) is 42.6 Å². The maximum Gasteiger partial charge on any atom is 0.281 e. The summed E-state index contributed by atoms with van der Waals surface area (Å²) in [5, 5.41) is 9.79. The van der Waals surface area contributed by atoms with Crippen LogP contribution in [0.4, 0.5) is 8.78 Å². The Hall–Kier alpha value is -0.730. The third-order valence-electron chi connectivity index (χ3n) is 2.74. The fourth-order valence-electron chi connectivity index (χ4n) is 2.01. The van der Waals surface area contributed by atoms with Crippen molar-refractivity contribution >= 4 is 21.2 Å². The summed E-state index contributed by atoms with van der Waals surface area (Å²) < 4.78 is 55.6. The second-order valence-electron chi connectivity index (χ2n) is 4.85. The van der Waals surface area contributed by atoms with E-state index in [4.69, 9.17) is 4.74 Å². The number of sulfone groups is 1. The molecule has 0 saturated heterocycles. The Bertz CT molecular complexity index is 604. The highest BCUT2D eigenvalue weighted by molar-refractivity contribution is 7.92. The summed E-state index contributed by atoms with van der Waals surface area (Å²) >= 11 is 0.798. The molecule has 1 aliphatic rings. The molecule has 0 fully saturated rings. The smallest absolute Gasteiger partial charge is 0.281 e. The van der Waals surface area contributed by atoms with Gasteiger partial charge in [-0.15, -0.1) is 0 Å². The van der Waals surface area contributed by atoms with Crippen LogP contribution in [0.15, 0.2) is 4.21 Å². The van der Waals surface area contributed by atoms with Crippen LogP contribution in [0.2, 0.25) is 0 Å². The van der Waals surface area contributed by atoms with Crippen molar-refractivity contribution in [1.82, 2.24) is 0 Å². The Morgan fingerprint density at radius 2 is 2.05 bits per heavy atom. The predicted molar refractivity (Wildman–Crippen MR) is 66.8 cm³/mol. The lowest BCUT2D eigenvalue weighted by Gasteiger charge is -2.15. The average Bonchev–Trinajstić information content (AvgIpc) is 2.64. The van der Waals surface area contributed by atoms with E-state index in [-0.39, 0.29) is 26.5 Å². The summed E-state index contributed by atoms with van der Waals surface area (Å²) in [5.74, 6) is -3.35. The zero-order chi connectivity index (χ0) is 14.6. The van der Waals surface area contributed by atoms with E-state index in [1.807, 2.05) is 0 Å². The van der Waals surface area contributed by atoms with E-state index in [0.29, 0.717) is 0 Å². The molecule has 0 spiro atoms. The summed E-state index contributed by atoms with van der Waals surface area (Å²) in [7, 11) is -3.68. The van der Waals surface area contributed by atoms with E-state index >= 15 is 0 Å². The molecule has 0 amide bonds. The van der Waals surface area contributed by atoms with Gasteiger partial charge in [0.1, 0.15) is 10.3 Å². The van der Waals surface area contributed by atoms with Crippen LogP contribution in [0.25, 0.3) is 0 Å². The molecule has 0 aromatic carbocycles. The average molecular weight is 312 g/mol. The van der Waals surface area contributed by atoms with Gasteiger partial charge in [-0.3, -0.25) is 0 Å². The van der Waals surface area contributed by atoms with Crippen LogP contribution < -0.4 is 4.74 Å². The first-order chi connectivity index (χ1) is 8.54. The number of ether oxygens (including phenoxy) is 1. The lowest BCUT2D eigenvalue weighted by atomic mass is 10.2. The topological polar surface area (TPSA) is 63.6 Å². The van der Waals surface area contributed by atoms with Gasteiger partial charge in [-0.1, -0.05) is 11.3 Å². The van der Waals surface area contributed by atoms with Crippen molar-refractivity contribution in [3.8, 4) is 5.06 Å². The highest BCUT2D eigenvalue weighted by atomic mass is 32.2. The molecule has 0 unspecified atom stereocenters. The van der Waals surface area contributed by atoms with E-state index in [0.717, 1.165) is 17.6 Å². The van der Waals surface area contributed by atoms with Gasteiger partial charge in [-0.05, 0) is 13.8 Å². The van der Waals surface area contributed by atoms with Gasteiger partial charge in [0.25, 0.3) is 5.92 Å². The number of rotatable bonds is 3. The van der Waals surface area contributed by atoms with Gasteiger partial charge in [0.2, 0.25) is 0 Å². The predicted octanol–water partition coefficient (Wildman–Crippen LogP) is 2.16. The molecule has 19 heavy (non-hydrogen) atoms. The Morgan fingerprint density at radius 1 is 1.47 bits per heavy atom. The van der Waals surface area contributed by atoms with E-state index in [9.17, 15) is 22.3 Å². The number of aliphatic hydroxyl groups excluding tert-OH is 1. The standard InChI is InChI=1S/C11H14F2O4S2/c1-5(2)17-9-6-4-11(12,13)8(14)7(6)10(18-9)19(3,15)16/h5,8,14H,4H2,1-3H3/t8-/m0/s1. The number of halogens is 2. The Labute approximate surface area is 113 Å². The molecular formula is C11H14F2O4S2. The van der Waals surface area contributed by atoms with Crippen molar-refractivity contribution in [3.63, 3.8) is 0 Å². The Balaban J connectivity index is 2.63. The summed E-state index contributed by atoms with van der Waals surface area (Å²) in [6.45, 7) is 3.44. The van der Waals surface area contributed by atoms with Gasteiger partial charge in [0.05, 0.1) is 6.10 Å². The largest absolute Gasteiger partial charge is 0.481 e. The van der Waals surface area contributed by atoms with Crippen LogP contribution in [0.5, 0.6) is 5.06 Å². The number of thiophene rings is 1. The maximum atomic E-state index is 13.6. The summed E-state index contributed by atoms with van der Waals surface area (Å²) in [5.41, 5.74) is -0.0928. The van der Waals surface area contributed by atoms with E-state index in [2.05, 4.69) is 0 Å². The lowest BCUT2D eigenvalue weighted by Crippen LogP contribution is -2.22. The van der Waals surface area contributed by atoms with Gasteiger partial charge in [0.15, 0.2) is 14.9 Å². The number of alkyl halides is 2. The van der Waals surface area contributed by atoms with Gasteiger partial charge >= 0.3 is 0 Å². The van der Waals surface area contributed by atoms with Crippen LogP contribution in [0, 0.1) is 0 Å². The second kappa shape index (κ2) is 4.39. The minimum Gasteiger partial charge on any atom is -0.481 e. The zero-order valence-electron chi connectivity index (χ0n) is 10.6. The van der Waals surface area contributed by atoms with Crippen molar-refractivity contribution < 1.29 is 27.0 Å². The molecular weight excluding hydrogens is 298 g/mol. The summed E-state index contributed by atoms with van der Waals surface area (Å²) in [6, 6.07) is 0. The second-order valence-corrected chi connectivity index (χ2v) is 8.04. The SMILES string of the molecule is CC(C)Oc1sc(S(C)(=O)=O)c2c1CC(F)(F)[C@H]2O. The molecule has 1 heterocycles. The summed E-state index contributed by atoms with van der Waals surface area (Å²) in [4.78, 5) is 0. The molecule has 8 heteroatoms. The molecule has 1 aromatic heterocycles. The van der Waals surface area contributed by atoms with Crippen molar-refractivity contribution in [1.29, 1.82) is 0 Å². The number of aliphatic hydroxyl groups is 1. The van der Waals surface area contributed by atoms with E-state index in [1.54, 1.807) is 13.8 Å². The minimum absolute atomic E-state index is 0.108. The molecule has 1 N–H and O–H groups in total. The molecule has 0 radical (unpaired) electrons. The van der Waals surface area contributed by atoms with Crippen molar-refractivity contribution in [2.75, 3.05) is 6.26 Å². The fraction of sp³-hybridized carbons (Fsp3) is 0.636. The normalized spacial score (nSPS) is 21.7. The first kappa shape index (κ1) is 14.7. The first-order valence-corrected chi connectivity index (χ1v) is 8.33. The number of hydrogen-bond donors (Lipinski definition) is 1. The van der Waals surface area contributed by atoms with Crippen LogP contribution in [0.3, 0.4) is 0 Å². The Kier molecular flexibility index (Phi) is 3.39. The third kappa shape index (κ3) is 2.48. The molecule has 0 saturated carbocycles. The molecule has 1 aromatic rings. The molecule has 1 atom stereocenters. The quantitative estimate of drug-likeness (QED) is 0.929. The molecule has 108 valence electrons. The van der Waals surface area contributed by atoms with E-state index in [1.165, 1.54) is 0 Å². The van der Waals surface area contributed by atoms with Gasteiger partial charge in [-0.2, -0.15) is 0 Å². The molecule has 2 rings (SSSR count). The van der Waals surface area contributed by atoms with Crippen molar-refractivity contribution in [2.24, 2.45) is 0 Å². The van der Waals surface area contributed by atoms with Gasteiger partial charge in [-0.25, -0.2) is 17.2 Å². The van der Waals surface area contributed by atoms with Crippen LogP contribution in [0.1, 0.15) is 31.1 Å². The fourth-order valence-corrected chi connectivity index (χ4v) is 4.53. The van der Waals surface area contributed by atoms with Gasteiger partial charge < -0.3 is 9.84 Å². The highest BCUT2D eigenvalue weighted by Gasteiger charge is 2.51. The molecule has 4 nitrogen and oxygen atoms in total. The maximum absolute atomic E-state index is 13.6. The summed E-state index contributed by atoms with van der Waals surface area (Å²) in [6.07, 6.45) is -2.12. The number of hydrogen-bond acceptors (Lipinski definition) is 5. The van der Waals surface area contributed by atoms with Crippen LogP contribution >= 0.6 is 11.3 Å². The first-order valence-electron chi connectivity index (χ1n) is 5.62. The third-order valence-corrected chi connectivity index (χ3v) is 5.73. The lowest BCUT2D eigenvalue weighted by molar-refractivity contribution is -0.0976. The monoisotopic (exact) mass is 312 g/mol. The zero-order valence-corrected chi connectivity index (χ0v) is 12.2. The van der Waals surface area contributed by atoms with E-state index < -0.39 is 28.3 Å². The Morgan fingerprint density at radius 3 is 2.53 bits per heavy atom. The number of fused-ring (bicyclic) bond motifs is 1. The molecule has 1 aliphatic carbocycles. The highest BCUT2D eigenvalue weighted by Crippen LogP contribution is 2.53. The van der Waals surface area contributed by atoms with Crippen LogP contribution in [-0.2, 0) is 16.3 Å². The van der Waals surface area contributed by atoms with Crippen molar-refractivity contribution in [3.05, 3.63) is 11.1 Å².